The van der Waals surface area contributed by atoms with Crippen molar-refractivity contribution in [3.05, 3.63) is 78.1 Å². The third-order valence-corrected chi connectivity index (χ3v) is 4.25. The number of ether oxygens (including phenoxy) is 1. The Morgan fingerprint density at radius 2 is 1.78 bits per heavy atom. The van der Waals surface area contributed by atoms with Crippen LogP contribution in [-0.4, -0.2) is 34.0 Å². The van der Waals surface area contributed by atoms with E-state index in [1.54, 1.807) is 22.7 Å². The van der Waals surface area contributed by atoms with Crippen LogP contribution in [0.25, 0.3) is 28.0 Å². The normalized spacial score (nSPS) is 10.7. The lowest BCUT2D eigenvalue weighted by Crippen LogP contribution is -2.02. The SMILES string of the molecule is COC(=O)c1cc2nc(-c3ccc(C=O)cc3)c(-c3ccccc3)cn2n1. The van der Waals surface area contributed by atoms with Gasteiger partial charge < -0.3 is 4.74 Å². The van der Waals surface area contributed by atoms with E-state index in [1.807, 2.05) is 48.7 Å². The number of hydrogen-bond acceptors (Lipinski definition) is 5. The van der Waals surface area contributed by atoms with Gasteiger partial charge in [-0.3, -0.25) is 4.79 Å². The smallest absolute Gasteiger partial charge is 0.358 e. The zero-order valence-electron chi connectivity index (χ0n) is 14.5. The molecule has 0 fully saturated rings. The highest BCUT2D eigenvalue weighted by molar-refractivity contribution is 5.89. The van der Waals surface area contributed by atoms with Crippen molar-refractivity contribution in [3.63, 3.8) is 0 Å². The summed E-state index contributed by atoms with van der Waals surface area (Å²) in [6.45, 7) is 0. The molecule has 0 aliphatic heterocycles. The Kier molecular flexibility index (Phi) is 4.22. The molecule has 2 aromatic heterocycles. The molecule has 0 saturated heterocycles. The topological polar surface area (TPSA) is 73.6 Å². The zero-order chi connectivity index (χ0) is 18.8. The minimum absolute atomic E-state index is 0.192. The van der Waals surface area contributed by atoms with Gasteiger partial charge in [-0.15, -0.1) is 0 Å². The van der Waals surface area contributed by atoms with E-state index in [-0.39, 0.29) is 5.69 Å². The van der Waals surface area contributed by atoms with Gasteiger partial charge in [0.05, 0.1) is 12.8 Å². The quantitative estimate of drug-likeness (QED) is 0.412. The number of nitrogens with zero attached hydrogens (tertiary/aromatic N) is 3. The molecule has 0 spiro atoms. The maximum Gasteiger partial charge on any atom is 0.358 e. The maximum atomic E-state index is 11.8. The molecule has 6 heteroatoms. The molecule has 0 aliphatic carbocycles. The molecule has 6 nitrogen and oxygen atoms in total. The van der Waals surface area contributed by atoms with E-state index in [0.29, 0.717) is 11.2 Å². The average Bonchev–Trinajstić information content (AvgIpc) is 3.16. The van der Waals surface area contributed by atoms with Gasteiger partial charge in [0.1, 0.15) is 6.29 Å². The van der Waals surface area contributed by atoms with E-state index in [4.69, 9.17) is 9.72 Å². The molecule has 0 radical (unpaired) electrons. The first-order chi connectivity index (χ1) is 13.2. The van der Waals surface area contributed by atoms with Crippen molar-refractivity contribution in [2.75, 3.05) is 7.11 Å². The molecule has 0 bridgehead atoms. The van der Waals surface area contributed by atoms with Crippen molar-refractivity contribution in [3.8, 4) is 22.4 Å². The molecule has 0 aliphatic rings. The Morgan fingerprint density at radius 1 is 1.04 bits per heavy atom. The molecule has 0 N–H and O–H groups in total. The summed E-state index contributed by atoms with van der Waals surface area (Å²) < 4.78 is 6.31. The van der Waals surface area contributed by atoms with E-state index in [2.05, 4.69) is 5.10 Å². The monoisotopic (exact) mass is 357 g/mol. The number of aldehydes is 1. The van der Waals surface area contributed by atoms with Crippen LogP contribution in [0.3, 0.4) is 0 Å². The predicted molar refractivity (Wildman–Crippen MR) is 101 cm³/mol. The molecule has 0 amide bonds. The minimum Gasteiger partial charge on any atom is -0.464 e. The van der Waals surface area contributed by atoms with Crippen LogP contribution in [0.4, 0.5) is 0 Å². The molecule has 0 saturated carbocycles. The molecule has 0 atom stereocenters. The van der Waals surface area contributed by atoms with Crippen molar-refractivity contribution in [2.24, 2.45) is 0 Å². The van der Waals surface area contributed by atoms with Crippen molar-refractivity contribution in [1.29, 1.82) is 0 Å². The molecule has 4 aromatic rings. The number of carbonyl (C=O) groups excluding carboxylic acids is 2. The molecule has 27 heavy (non-hydrogen) atoms. The summed E-state index contributed by atoms with van der Waals surface area (Å²) in [6, 6.07) is 18.6. The van der Waals surface area contributed by atoms with Gasteiger partial charge in [0, 0.05) is 29.0 Å². The lowest BCUT2D eigenvalue weighted by atomic mass is 10.00. The van der Waals surface area contributed by atoms with Crippen LogP contribution in [0.1, 0.15) is 20.8 Å². The summed E-state index contributed by atoms with van der Waals surface area (Å²) in [5, 5.41) is 4.27. The van der Waals surface area contributed by atoms with E-state index in [9.17, 15) is 9.59 Å². The summed E-state index contributed by atoms with van der Waals surface area (Å²) in [7, 11) is 1.31. The third kappa shape index (κ3) is 3.08. The number of esters is 1. The number of rotatable bonds is 4. The number of benzene rings is 2. The molecular weight excluding hydrogens is 342 g/mol. The van der Waals surface area contributed by atoms with Crippen LogP contribution in [0.15, 0.2) is 66.9 Å². The first kappa shape index (κ1) is 16.7. The summed E-state index contributed by atoms with van der Waals surface area (Å²) in [5.41, 5.74) is 4.75. The number of hydrogen-bond donors (Lipinski definition) is 0. The van der Waals surface area contributed by atoms with Crippen LogP contribution < -0.4 is 0 Å². The van der Waals surface area contributed by atoms with Crippen LogP contribution in [-0.2, 0) is 4.74 Å². The van der Waals surface area contributed by atoms with Crippen molar-refractivity contribution in [1.82, 2.24) is 14.6 Å². The second kappa shape index (κ2) is 6.84. The lowest BCUT2D eigenvalue weighted by molar-refractivity contribution is 0.0593. The Hall–Kier alpha value is -3.80. The number of carbonyl (C=O) groups is 2. The van der Waals surface area contributed by atoms with Crippen molar-refractivity contribution in [2.45, 2.75) is 0 Å². The average molecular weight is 357 g/mol. The predicted octanol–water partition coefficient (Wildman–Crippen LogP) is 3.66. The van der Waals surface area contributed by atoms with E-state index in [0.717, 1.165) is 28.7 Å². The van der Waals surface area contributed by atoms with Gasteiger partial charge in [0.15, 0.2) is 11.3 Å². The Labute approximate surface area is 155 Å². The number of aromatic nitrogens is 3. The van der Waals surface area contributed by atoms with Crippen LogP contribution in [0.2, 0.25) is 0 Å². The van der Waals surface area contributed by atoms with Crippen LogP contribution in [0.5, 0.6) is 0 Å². The molecule has 2 aromatic carbocycles. The van der Waals surface area contributed by atoms with Crippen molar-refractivity contribution >= 4 is 17.9 Å². The molecule has 4 rings (SSSR count). The fraction of sp³-hybridized carbons (Fsp3) is 0.0476. The van der Waals surface area contributed by atoms with Gasteiger partial charge in [0.25, 0.3) is 0 Å². The Morgan fingerprint density at radius 3 is 2.44 bits per heavy atom. The fourth-order valence-corrected chi connectivity index (χ4v) is 2.89. The Balaban J connectivity index is 1.95. The Bertz CT molecular complexity index is 1130. The zero-order valence-corrected chi connectivity index (χ0v) is 14.5. The molecular formula is C21H15N3O3. The maximum absolute atomic E-state index is 11.8. The molecule has 2 heterocycles. The second-order valence-electron chi connectivity index (χ2n) is 5.93. The number of fused-ring (bicyclic) bond motifs is 1. The van der Waals surface area contributed by atoms with Gasteiger partial charge in [-0.2, -0.15) is 5.10 Å². The fourth-order valence-electron chi connectivity index (χ4n) is 2.89. The third-order valence-electron chi connectivity index (χ3n) is 4.25. The van der Waals surface area contributed by atoms with Crippen LogP contribution in [0, 0.1) is 0 Å². The molecule has 132 valence electrons. The van der Waals surface area contributed by atoms with E-state index >= 15 is 0 Å². The minimum atomic E-state index is -0.515. The summed E-state index contributed by atoms with van der Waals surface area (Å²) in [4.78, 5) is 27.5. The van der Waals surface area contributed by atoms with Gasteiger partial charge in [-0.1, -0.05) is 54.6 Å². The highest BCUT2D eigenvalue weighted by atomic mass is 16.5. The second-order valence-corrected chi connectivity index (χ2v) is 5.93. The van der Waals surface area contributed by atoms with Crippen LogP contribution >= 0.6 is 0 Å². The molecule has 0 unspecified atom stereocenters. The summed E-state index contributed by atoms with van der Waals surface area (Å²) in [6.07, 6.45) is 2.64. The van der Waals surface area contributed by atoms with Gasteiger partial charge in [-0.05, 0) is 5.56 Å². The summed E-state index contributed by atoms with van der Waals surface area (Å²) in [5.74, 6) is -0.515. The van der Waals surface area contributed by atoms with Gasteiger partial charge in [-0.25, -0.2) is 14.3 Å². The first-order valence-corrected chi connectivity index (χ1v) is 8.29. The first-order valence-electron chi connectivity index (χ1n) is 8.29. The largest absolute Gasteiger partial charge is 0.464 e. The van der Waals surface area contributed by atoms with E-state index < -0.39 is 5.97 Å². The highest BCUT2D eigenvalue weighted by Gasteiger charge is 2.16. The highest BCUT2D eigenvalue weighted by Crippen LogP contribution is 2.31. The standard InChI is InChI=1S/C21H15N3O3/c1-27-21(26)18-11-19-22-20(16-9-7-14(13-25)8-10-16)17(12-24(19)23-18)15-5-3-2-4-6-15/h2-13H,1H3. The van der Waals surface area contributed by atoms with Gasteiger partial charge in [0.2, 0.25) is 0 Å². The summed E-state index contributed by atoms with van der Waals surface area (Å²) >= 11 is 0. The lowest BCUT2D eigenvalue weighted by Gasteiger charge is -2.10. The van der Waals surface area contributed by atoms with E-state index in [1.165, 1.54) is 7.11 Å². The van der Waals surface area contributed by atoms with Gasteiger partial charge >= 0.3 is 5.97 Å². The number of methoxy groups -OCH3 is 1. The van der Waals surface area contributed by atoms with Crippen molar-refractivity contribution < 1.29 is 14.3 Å².